The molecule has 24 heavy (non-hydrogen) atoms. The summed E-state index contributed by atoms with van der Waals surface area (Å²) >= 11 is 0. The van der Waals surface area contributed by atoms with Gasteiger partial charge in [0.2, 0.25) is 0 Å². The molecule has 124 valence electrons. The minimum atomic E-state index is -3.37. The summed E-state index contributed by atoms with van der Waals surface area (Å²) in [6.07, 6.45) is 1.59. The third kappa shape index (κ3) is 3.05. The molecule has 1 amide bonds. The van der Waals surface area contributed by atoms with E-state index in [0.29, 0.717) is 16.9 Å². The quantitative estimate of drug-likeness (QED) is 0.847. The summed E-state index contributed by atoms with van der Waals surface area (Å²) in [4.78, 5) is 12.9. The van der Waals surface area contributed by atoms with Crippen LogP contribution in [0.4, 0.5) is 0 Å². The Morgan fingerprint density at radius 3 is 2.71 bits per heavy atom. The molecule has 0 aliphatic carbocycles. The number of carbonyl (C=O) groups excluding carboxylic acids is 1. The number of sulfone groups is 1. The van der Waals surface area contributed by atoms with Crippen molar-refractivity contribution in [2.45, 2.75) is 10.9 Å². The van der Waals surface area contributed by atoms with E-state index in [0.717, 1.165) is 0 Å². The molecule has 0 saturated carbocycles. The van der Waals surface area contributed by atoms with E-state index in [9.17, 15) is 13.2 Å². The van der Waals surface area contributed by atoms with Crippen molar-refractivity contribution in [2.24, 2.45) is 0 Å². The van der Waals surface area contributed by atoms with Crippen LogP contribution in [-0.2, 0) is 9.84 Å². The van der Waals surface area contributed by atoms with Crippen LogP contribution in [0.3, 0.4) is 0 Å². The standard InChI is InChI=1S/C18H17NO4S/c1-2-11-23-16-9-5-3-8-14(16)18(20)19-15-12-24(21,22)17-10-6-4-7-13(15)17/h2-10,15H,1,11-12H2,(H,19,20)/t15-/m0/s1. The Labute approximate surface area is 140 Å². The number of benzene rings is 2. The van der Waals surface area contributed by atoms with E-state index in [1.54, 1.807) is 54.6 Å². The fourth-order valence-electron chi connectivity index (χ4n) is 2.73. The number of amides is 1. The molecule has 0 aromatic heterocycles. The topological polar surface area (TPSA) is 72.5 Å². The first-order chi connectivity index (χ1) is 11.5. The molecule has 0 saturated heterocycles. The van der Waals surface area contributed by atoms with Crippen molar-refractivity contribution >= 4 is 15.7 Å². The molecule has 0 bridgehead atoms. The SMILES string of the molecule is C=CCOc1ccccc1C(=O)N[C@H]1CS(=O)(=O)c2ccccc21. The molecule has 0 fully saturated rings. The normalized spacial score (nSPS) is 17.8. The first kappa shape index (κ1) is 16.3. The van der Waals surface area contributed by atoms with Gasteiger partial charge in [0.15, 0.2) is 9.84 Å². The van der Waals surface area contributed by atoms with Crippen LogP contribution in [0.2, 0.25) is 0 Å². The van der Waals surface area contributed by atoms with Gasteiger partial charge in [0.25, 0.3) is 5.91 Å². The largest absolute Gasteiger partial charge is 0.489 e. The number of hydrogen-bond acceptors (Lipinski definition) is 4. The van der Waals surface area contributed by atoms with Crippen LogP contribution in [0.1, 0.15) is 22.0 Å². The van der Waals surface area contributed by atoms with Crippen molar-refractivity contribution < 1.29 is 17.9 Å². The van der Waals surface area contributed by atoms with E-state index in [2.05, 4.69) is 11.9 Å². The van der Waals surface area contributed by atoms with Crippen LogP contribution >= 0.6 is 0 Å². The predicted molar refractivity (Wildman–Crippen MR) is 90.8 cm³/mol. The molecule has 1 aliphatic heterocycles. The second-order valence-corrected chi connectivity index (χ2v) is 7.44. The number of para-hydroxylation sites is 1. The molecule has 5 nitrogen and oxygen atoms in total. The highest BCUT2D eigenvalue weighted by Crippen LogP contribution is 2.33. The van der Waals surface area contributed by atoms with Gasteiger partial charge in [-0.2, -0.15) is 0 Å². The lowest BCUT2D eigenvalue weighted by Crippen LogP contribution is -2.30. The average molecular weight is 343 g/mol. The lowest BCUT2D eigenvalue weighted by atomic mass is 10.1. The van der Waals surface area contributed by atoms with Gasteiger partial charge in [-0.3, -0.25) is 4.79 Å². The molecule has 1 atom stereocenters. The summed E-state index contributed by atoms with van der Waals surface area (Å²) in [6, 6.07) is 13.0. The molecule has 1 heterocycles. The zero-order valence-corrected chi connectivity index (χ0v) is 13.8. The van der Waals surface area contributed by atoms with Crippen LogP contribution in [0.25, 0.3) is 0 Å². The van der Waals surface area contributed by atoms with Crippen molar-refractivity contribution in [2.75, 3.05) is 12.4 Å². The highest BCUT2D eigenvalue weighted by molar-refractivity contribution is 7.91. The van der Waals surface area contributed by atoms with E-state index in [4.69, 9.17) is 4.74 Å². The zero-order chi connectivity index (χ0) is 17.2. The van der Waals surface area contributed by atoms with E-state index in [-0.39, 0.29) is 23.2 Å². The van der Waals surface area contributed by atoms with Crippen molar-refractivity contribution in [3.8, 4) is 5.75 Å². The monoisotopic (exact) mass is 343 g/mol. The number of hydrogen-bond donors (Lipinski definition) is 1. The van der Waals surface area contributed by atoms with Crippen molar-refractivity contribution in [1.82, 2.24) is 5.32 Å². The number of nitrogens with one attached hydrogen (secondary N) is 1. The summed E-state index contributed by atoms with van der Waals surface area (Å²) in [5.74, 6) is -0.0658. The van der Waals surface area contributed by atoms with E-state index in [1.165, 1.54) is 0 Å². The molecule has 1 aliphatic rings. The molecule has 0 unspecified atom stereocenters. The predicted octanol–water partition coefficient (Wildman–Crippen LogP) is 2.51. The van der Waals surface area contributed by atoms with Crippen LogP contribution in [-0.4, -0.2) is 26.7 Å². The molecule has 0 spiro atoms. The smallest absolute Gasteiger partial charge is 0.255 e. The van der Waals surface area contributed by atoms with Crippen LogP contribution < -0.4 is 10.1 Å². The molecule has 2 aromatic rings. The van der Waals surface area contributed by atoms with Gasteiger partial charge in [-0.25, -0.2) is 8.42 Å². The minimum Gasteiger partial charge on any atom is -0.489 e. The maximum Gasteiger partial charge on any atom is 0.255 e. The Morgan fingerprint density at radius 1 is 1.21 bits per heavy atom. The minimum absolute atomic E-state index is 0.131. The van der Waals surface area contributed by atoms with Gasteiger partial charge in [0.1, 0.15) is 12.4 Å². The maximum absolute atomic E-state index is 12.6. The fourth-order valence-corrected chi connectivity index (χ4v) is 4.47. The second kappa shape index (κ2) is 6.49. The van der Waals surface area contributed by atoms with Gasteiger partial charge >= 0.3 is 0 Å². The number of carbonyl (C=O) groups is 1. The molecule has 3 rings (SSSR count). The molecule has 2 aromatic carbocycles. The first-order valence-corrected chi connectivity index (χ1v) is 9.13. The number of fused-ring (bicyclic) bond motifs is 1. The van der Waals surface area contributed by atoms with E-state index in [1.807, 2.05) is 0 Å². The Hall–Kier alpha value is -2.60. The van der Waals surface area contributed by atoms with Gasteiger partial charge in [-0.1, -0.05) is 43.0 Å². The molecule has 0 radical (unpaired) electrons. The summed E-state index contributed by atoms with van der Waals surface area (Å²) in [5, 5.41) is 2.80. The summed E-state index contributed by atoms with van der Waals surface area (Å²) in [6.45, 7) is 3.86. The average Bonchev–Trinajstić information content (AvgIpc) is 2.84. The van der Waals surface area contributed by atoms with E-state index >= 15 is 0 Å². The summed E-state index contributed by atoms with van der Waals surface area (Å²) < 4.78 is 29.9. The number of rotatable bonds is 5. The maximum atomic E-state index is 12.6. The van der Waals surface area contributed by atoms with Gasteiger partial charge < -0.3 is 10.1 Å². The van der Waals surface area contributed by atoms with Gasteiger partial charge in [-0.05, 0) is 23.8 Å². The molecular weight excluding hydrogens is 326 g/mol. The Kier molecular flexibility index (Phi) is 4.40. The Balaban J connectivity index is 1.86. The lowest BCUT2D eigenvalue weighted by Gasteiger charge is -2.15. The third-order valence-corrected chi connectivity index (χ3v) is 5.62. The highest BCUT2D eigenvalue weighted by atomic mass is 32.2. The Morgan fingerprint density at radius 2 is 1.92 bits per heavy atom. The molecule has 1 N–H and O–H groups in total. The van der Waals surface area contributed by atoms with Gasteiger partial charge in [0.05, 0.1) is 22.3 Å². The molecular formula is C18H17NO4S. The number of ether oxygens (including phenoxy) is 1. The van der Waals surface area contributed by atoms with Crippen molar-refractivity contribution in [3.63, 3.8) is 0 Å². The van der Waals surface area contributed by atoms with E-state index < -0.39 is 15.9 Å². The third-order valence-electron chi connectivity index (χ3n) is 3.81. The zero-order valence-electron chi connectivity index (χ0n) is 12.9. The highest BCUT2D eigenvalue weighted by Gasteiger charge is 2.35. The van der Waals surface area contributed by atoms with Crippen LogP contribution in [0.5, 0.6) is 5.75 Å². The van der Waals surface area contributed by atoms with Gasteiger partial charge in [0, 0.05) is 0 Å². The Bertz CT molecular complexity index is 889. The van der Waals surface area contributed by atoms with Crippen molar-refractivity contribution in [3.05, 3.63) is 72.3 Å². The van der Waals surface area contributed by atoms with Crippen molar-refractivity contribution in [1.29, 1.82) is 0 Å². The lowest BCUT2D eigenvalue weighted by molar-refractivity contribution is 0.0937. The van der Waals surface area contributed by atoms with Crippen LogP contribution in [0, 0.1) is 0 Å². The summed E-state index contributed by atoms with van der Waals surface area (Å²) in [7, 11) is -3.37. The fraction of sp³-hybridized carbons (Fsp3) is 0.167. The second-order valence-electron chi connectivity index (χ2n) is 5.44. The molecule has 6 heteroatoms. The van der Waals surface area contributed by atoms with Crippen LogP contribution in [0.15, 0.2) is 66.1 Å². The first-order valence-electron chi connectivity index (χ1n) is 7.48. The summed E-state index contributed by atoms with van der Waals surface area (Å²) in [5.41, 5.74) is 0.983. The van der Waals surface area contributed by atoms with Gasteiger partial charge in [-0.15, -0.1) is 0 Å².